The van der Waals surface area contributed by atoms with E-state index in [0.717, 1.165) is 29.9 Å². The summed E-state index contributed by atoms with van der Waals surface area (Å²) < 4.78 is 7.38. The minimum absolute atomic E-state index is 0.588. The van der Waals surface area contributed by atoms with Crippen molar-refractivity contribution in [1.29, 1.82) is 0 Å². The van der Waals surface area contributed by atoms with Crippen LogP contribution in [0.2, 0.25) is 0 Å². The molecule has 1 fully saturated rings. The quantitative estimate of drug-likeness (QED) is 0.927. The minimum atomic E-state index is 0.588. The van der Waals surface area contributed by atoms with Crippen molar-refractivity contribution >= 4 is 17.0 Å². The van der Waals surface area contributed by atoms with E-state index in [1.807, 2.05) is 18.2 Å². The summed E-state index contributed by atoms with van der Waals surface area (Å²) in [5.41, 5.74) is 8.04. The molecule has 0 aliphatic carbocycles. The molecule has 0 atom stereocenters. The molecular weight excluding hydrogens is 252 g/mol. The van der Waals surface area contributed by atoms with Crippen LogP contribution < -0.4 is 10.5 Å². The van der Waals surface area contributed by atoms with Crippen molar-refractivity contribution in [3.63, 3.8) is 0 Å². The average molecular weight is 274 g/mol. The molecule has 5 heteroatoms. The smallest absolute Gasteiger partial charge is 0.201 e. The number of nitrogen functional groups attached to an aromatic ring is 1. The highest BCUT2D eigenvalue weighted by atomic mass is 16.5. The Morgan fingerprint density at radius 3 is 2.75 bits per heavy atom. The number of likely N-dealkylation sites (tertiary alicyclic amines) is 1. The van der Waals surface area contributed by atoms with E-state index >= 15 is 0 Å². The summed E-state index contributed by atoms with van der Waals surface area (Å²) in [6.07, 6.45) is 3.99. The first-order chi connectivity index (χ1) is 9.78. The fourth-order valence-electron chi connectivity index (χ4n) is 2.91. The Morgan fingerprint density at radius 1 is 1.20 bits per heavy atom. The first-order valence-electron chi connectivity index (χ1n) is 7.30. The molecule has 2 aromatic rings. The summed E-state index contributed by atoms with van der Waals surface area (Å²) in [5.74, 6) is 1.43. The van der Waals surface area contributed by atoms with Crippen LogP contribution in [0.25, 0.3) is 11.0 Å². The number of benzene rings is 1. The molecule has 0 amide bonds. The summed E-state index contributed by atoms with van der Waals surface area (Å²) in [6.45, 7) is 4.33. The Labute approximate surface area is 119 Å². The molecule has 2 N–H and O–H groups in total. The Bertz CT molecular complexity index is 587. The number of piperidine rings is 1. The van der Waals surface area contributed by atoms with Crippen molar-refractivity contribution < 1.29 is 4.74 Å². The lowest BCUT2D eigenvalue weighted by atomic mass is 10.1. The summed E-state index contributed by atoms with van der Waals surface area (Å²) >= 11 is 0. The lowest BCUT2D eigenvalue weighted by molar-refractivity contribution is 0.222. The van der Waals surface area contributed by atoms with Crippen LogP contribution in [0.1, 0.15) is 19.3 Å². The summed E-state index contributed by atoms with van der Waals surface area (Å²) in [5, 5.41) is 0. The SMILES string of the molecule is COc1ccc2nc(N)n(CCN3CCCCC3)c2c1. The second-order valence-corrected chi connectivity index (χ2v) is 5.38. The molecule has 3 rings (SSSR count). The van der Waals surface area contributed by atoms with Crippen molar-refractivity contribution in [3.8, 4) is 5.75 Å². The van der Waals surface area contributed by atoms with Gasteiger partial charge in [-0.15, -0.1) is 0 Å². The van der Waals surface area contributed by atoms with Crippen molar-refractivity contribution in [1.82, 2.24) is 14.5 Å². The molecule has 0 spiro atoms. The average Bonchev–Trinajstić information content (AvgIpc) is 2.80. The highest BCUT2D eigenvalue weighted by Gasteiger charge is 2.13. The molecule has 0 saturated carbocycles. The third-order valence-corrected chi connectivity index (χ3v) is 4.07. The third-order valence-electron chi connectivity index (χ3n) is 4.07. The van der Waals surface area contributed by atoms with E-state index in [1.165, 1.54) is 32.4 Å². The van der Waals surface area contributed by atoms with Crippen LogP contribution in [0.5, 0.6) is 5.75 Å². The third kappa shape index (κ3) is 2.58. The van der Waals surface area contributed by atoms with Crippen LogP contribution in [0.3, 0.4) is 0 Å². The van der Waals surface area contributed by atoms with E-state index in [1.54, 1.807) is 7.11 Å². The van der Waals surface area contributed by atoms with Crippen LogP contribution in [0, 0.1) is 0 Å². The van der Waals surface area contributed by atoms with Gasteiger partial charge in [0.15, 0.2) is 0 Å². The zero-order chi connectivity index (χ0) is 13.9. The van der Waals surface area contributed by atoms with Gasteiger partial charge in [0.1, 0.15) is 5.75 Å². The fraction of sp³-hybridized carbons (Fsp3) is 0.533. The van der Waals surface area contributed by atoms with Gasteiger partial charge in [-0.3, -0.25) is 0 Å². The molecule has 1 aliphatic rings. The largest absolute Gasteiger partial charge is 0.497 e. The number of methoxy groups -OCH3 is 1. The topological polar surface area (TPSA) is 56.3 Å². The van der Waals surface area contributed by atoms with Gasteiger partial charge in [0.2, 0.25) is 5.95 Å². The van der Waals surface area contributed by atoms with E-state index in [4.69, 9.17) is 10.5 Å². The van der Waals surface area contributed by atoms with Gasteiger partial charge in [-0.05, 0) is 38.1 Å². The van der Waals surface area contributed by atoms with Gasteiger partial charge in [0, 0.05) is 19.2 Å². The maximum absolute atomic E-state index is 6.05. The van der Waals surface area contributed by atoms with Crippen LogP contribution in [-0.4, -0.2) is 41.2 Å². The molecule has 20 heavy (non-hydrogen) atoms. The Balaban J connectivity index is 1.80. The lowest BCUT2D eigenvalue weighted by Gasteiger charge is -2.26. The standard InChI is InChI=1S/C15H22N4O/c1-20-12-5-6-13-14(11-12)19(15(16)17-13)10-9-18-7-3-2-4-8-18/h5-6,11H,2-4,7-10H2,1H3,(H2,16,17). The first-order valence-corrected chi connectivity index (χ1v) is 7.30. The van der Waals surface area contributed by atoms with E-state index in [-0.39, 0.29) is 0 Å². The van der Waals surface area contributed by atoms with Crippen LogP contribution in [0.15, 0.2) is 18.2 Å². The summed E-state index contributed by atoms with van der Waals surface area (Å²) in [4.78, 5) is 6.93. The van der Waals surface area contributed by atoms with Gasteiger partial charge in [0.25, 0.3) is 0 Å². The van der Waals surface area contributed by atoms with Gasteiger partial charge in [0.05, 0.1) is 18.1 Å². The van der Waals surface area contributed by atoms with Gasteiger partial charge in [-0.25, -0.2) is 4.98 Å². The molecule has 108 valence electrons. The molecule has 1 aliphatic heterocycles. The number of hydrogen-bond acceptors (Lipinski definition) is 4. The number of aromatic nitrogens is 2. The lowest BCUT2D eigenvalue weighted by Crippen LogP contribution is -2.32. The van der Waals surface area contributed by atoms with Crippen LogP contribution in [0.4, 0.5) is 5.95 Å². The summed E-state index contributed by atoms with van der Waals surface area (Å²) in [7, 11) is 1.68. The molecule has 2 heterocycles. The maximum atomic E-state index is 6.05. The Morgan fingerprint density at radius 2 is 2.00 bits per heavy atom. The van der Waals surface area contributed by atoms with Crippen molar-refractivity contribution in [2.75, 3.05) is 32.5 Å². The zero-order valence-electron chi connectivity index (χ0n) is 12.0. The number of nitrogens with zero attached hydrogens (tertiary/aromatic N) is 3. The first kappa shape index (κ1) is 13.2. The number of fused-ring (bicyclic) bond motifs is 1. The molecule has 0 radical (unpaired) electrons. The number of rotatable bonds is 4. The second-order valence-electron chi connectivity index (χ2n) is 5.38. The van der Waals surface area contributed by atoms with Gasteiger partial charge in [-0.2, -0.15) is 0 Å². The monoisotopic (exact) mass is 274 g/mol. The van der Waals surface area contributed by atoms with E-state index in [9.17, 15) is 0 Å². The molecule has 1 aromatic heterocycles. The minimum Gasteiger partial charge on any atom is -0.497 e. The number of nitrogens with two attached hydrogens (primary N) is 1. The van der Waals surface area contributed by atoms with E-state index in [0.29, 0.717) is 5.95 Å². The van der Waals surface area contributed by atoms with E-state index in [2.05, 4.69) is 14.5 Å². The van der Waals surface area contributed by atoms with Crippen LogP contribution >= 0.6 is 0 Å². The van der Waals surface area contributed by atoms with Crippen molar-refractivity contribution in [3.05, 3.63) is 18.2 Å². The molecule has 5 nitrogen and oxygen atoms in total. The number of ether oxygens (including phenoxy) is 1. The normalized spacial score (nSPS) is 16.6. The van der Waals surface area contributed by atoms with Crippen LogP contribution in [-0.2, 0) is 6.54 Å². The predicted molar refractivity (Wildman–Crippen MR) is 81.0 cm³/mol. The highest BCUT2D eigenvalue weighted by molar-refractivity contribution is 5.79. The molecular formula is C15H22N4O. The molecule has 0 bridgehead atoms. The fourth-order valence-corrected chi connectivity index (χ4v) is 2.91. The number of imidazole rings is 1. The molecule has 1 saturated heterocycles. The van der Waals surface area contributed by atoms with E-state index < -0.39 is 0 Å². The van der Waals surface area contributed by atoms with Gasteiger partial charge in [-0.1, -0.05) is 6.42 Å². The molecule has 1 aromatic carbocycles. The maximum Gasteiger partial charge on any atom is 0.201 e. The Kier molecular flexibility index (Phi) is 3.78. The highest BCUT2D eigenvalue weighted by Crippen LogP contribution is 2.23. The number of hydrogen-bond donors (Lipinski definition) is 1. The van der Waals surface area contributed by atoms with Gasteiger partial charge >= 0.3 is 0 Å². The second kappa shape index (κ2) is 5.71. The molecule has 0 unspecified atom stereocenters. The van der Waals surface area contributed by atoms with Crippen molar-refractivity contribution in [2.45, 2.75) is 25.8 Å². The summed E-state index contributed by atoms with van der Waals surface area (Å²) in [6, 6.07) is 5.89. The predicted octanol–water partition coefficient (Wildman–Crippen LogP) is 2.11. The Hall–Kier alpha value is -1.75. The number of anilines is 1. The van der Waals surface area contributed by atoms with Crippen molar-refractivity contribution in [2.24, 2.45) is 0 Å². The zero-order valence-corrected chi connectivity index (χ0v) is 12.0. The van der Waals surface area contributed by atoms with Gasteiger partial charge < -0.3 is 19.9 Å².